The fourth-order valence-electron chi connectivity index (χ4n) is 1.91. The number of carbonyl (C=O) groups excluding carboxylic acids is 2. The van der Waals surface area contributed by atoms with Gasteiger partial charge in [0.15, 0.2) is 0 Å². The van der Waals surface area contributed by atoms with E-state index in [0.29, 0.717) is 0 Å². The molecule has 140 valence electrons. The number of ether oxygens (including phenoxy) is 1. The summed E-state index contributed by atoms with van der Waals surface area (Å²) in [5.41, 5.74) is 5.81. The Hall–Kier alpha value is -1.36. The Balaban J connectivity index is 0.00000163. The van der Waals surface area contributed by atoms with Gasteiger partial charge in [-0.25, -0.2) is 0 Å². The lowest BCUT2D eigenvalue weighted by molar-refractivity contribution is -0.128. The fourth-order valence-corrected chi connectivity index (χ4v) is 1.91. The quantitative estimate of drug-likeness (QED) is 0.225. The minimum atomic E-state index is -1.26. The molecule has 0 bridgehead atoms. The number of hydrogen-bond donors (Lipinski definition) is 6. The summed E-state index contributed by atoms with van der Waals surface area (Å²) in [7, 11) is 0. The average Bonchev–Trinajstić information content (AvgIpc) is 2.80. The van der Waals surface area contributed by atoms with Crippen molar-refractivity contribution in [3.63, 3.8) is 0 Å². The first-order valence-corrected chi connectivity index (χ1v) is 7.67. The molecule has 1 aliphatic rings. The van der Waals surface area contributed by atoms with Crippen LogP contribution in [0.4, 0.5) is 0 Å². The third-order valence-electron chi connectivity index (χ3n) is 3.36. The number of rotatable bonds is 7. The smallest absolute Gasteiger partial charge is 0.226 e. The summed E-state index contributed by atoms with van der Waals surface area (Å²) in [5.74, 6) is -1.29. The van der Waals surface area contributed by atoms with E-state index in [0.717, 1.165) is 0 Å². The minimum absolute atomic E-state index is 0.0796. The van der Waals surface area contributed by atoms with Gasteiger partial charge >= 0.3 is 0 Å². The van der Waals surface area contributed by atoms with Crippen LogP contribution in [0.25, 0.3) is 0 Å². The maximum absolute atomic E-state index is 11.8. The molecule has 1 rings (SSSR count). The van der Waals surface area contributed by atoms with E-state index in [4.69, 9.17) is 15.6 Å². The first kappa shape index (κ1) is 22.6. The SMILES string of the molecule is C=CC.CC(=O)CNC(=O)C(C)C(N)NC1OC(CO)C(O)C1O. The Labute approximate surface area is 141 Å². The first-order chi connectivity index (χ1) is 11.2. The number of allylic oxidation sites excluding steroid dienone is 1. The molecule has 6 atom stereocenters. The number of aliphatic hydroxyl groups is 3. The van der Waals surface area contributed by atoms with Crippen molar-refractivity contribution < 1.29 is 29.6 Å². The van der Waals surface area contributed by atoms with Crippen molar-refractivity contribution in [2.24, 2.45) is 11.7 Å². The van der Waals surface area contributed by atoms with Crippen molar-refractivity contribution in [2.45, 2.75) is 51.5 Å². The summed E-state index contributed by atoms with van der Waals surface area (Å²) in [6.45, 7) is 7.63. The van der Waals surface area contributed by atoms with E-state index < -0.39 is 49.1 Å². The maximum Gasteiger partial charge on any atom is 0.226 e. The predicted molar refractivity (Wildman–Crippen MR) is 87.6 cm³/mol. The predicted octanol–water partition coefficient (Wildman–Crippen LogP) is -2.17. The third kappa shape index (κ3) is 7.04. The summed E-state index contributed by atoms with van der Waals surface area (Å²) >= 11 is 0. The van der Waals surface area contributed by atoms with Crippen LogP contribution in [0.5, 0.6) is 0 Å². The molecule has 1 amide bonds. The number of carbonyl (C=O) groups is 2. The van der Waals surface area contributed by atoms with E-state index in [1.165, 1.54) is 6.92 Å². The lowest BCUT2D eigenvalue weighted by Gasteiger charge is -2.25. The van der Waals surface area contributed by atoms with E-state index >= 15 is 0 Å². The van der Waals surface area contributed by atoms with E-state index in [9.17, 15) is 19.8 Å². The van der Waals surface area contributed by atoms with Crippen LogP contribution in [0.15, 0.2) is 12.7 Å². The van der Waals surface area contributed by atoms with Gasteiger partial charge in [-0.3, -0.25) is 14.9 Å². The molecular weight excluding hydrogens is 318 g/mol. The highest BCUT2D eigenvalue weighted by Crippen LogP contribution is 2.20. The van der Waals surface area contributed by atoms with Crippen LogP contribution >= 0.6 is 0 Å². The summed E-state index contributed by atoms with van der Waals surface area (Å²) in [6, 6.07) is 0. The molecule has 9 nitrogen and oxygen atoms in total. The zero-order valence-corrected chi connectivity index (χ0v) is 14.3. The number of aliphatic hydroxyl groups excluding tert-OH is 3. The molecule has 9 heteroatoms. The molecule has 6 unspecified atom stereocenters. The van der Waals surface area contributed by atoms with Crippen LogP contribution in [-0.4, -0.2) is 70.9 Å². The average molecular weight is 347 g/mol. The summed E-state index contributed by atoms with van der Waals surface area (Å²) in [4.78, 5) is 22.6. The van der Waals surface area contributed by atoms with Crippen LogP contribution in [0.1, 0.15) is 20.8 Å². The molecule has 1 heterocycles. The second-order valence-corrected chi connectivity index (χ2v) is 5.57. The van der Waals surface area contributed by atoms with Gasteiger partial charge < -0.3 is 31.1 Å². The Morgan fingerprint density at radius 1 is 1.38 bits per heavy atom. The largest absolute Gasteiger partial charge is 0.394 e. The normalized spacial score (nSPS) is 28.3. The molecule has 0 saturated carbocycles. The zero-order valence-electron chi connectivity index (χ0n) is 14.3. The molecule has 0 aromatic heterocycles. The number of amides is 1. The molecule has 0 aromatic rings. The molecule has 24 heavy (non-hydrogen) atoms. The van der Waals surface area contributed by atoms with Crippen molar-refractivity contribution in [3.05, 3.63) is 12.7 Å². The van der Waals surface area contributed by atoms with E-state index in [-0.39, 0.29) is 12.3 Å². The van der Waals surface area contributed by atoms with Crippen molar-refractivity contribution in [1.82, 2.24) is 10.6 Å². The van der Waals surface area contributed by atoms with Crippen LogP contribution in [0.2, 0.25) is 0 Å². The number of ketones is 1. The van der Waals surface area contributed by atoms with Gasteiger partial charge in [-0.15, -0.1) is 6.58 Å². The first-order valence-electron chi connectivity index (χ1n) is 7.67. The minimum Gasteiger partial charge on any atom is -0.394 e. The van der Waals surface area contributed by atoms with Gasteiger partial charge in [0.05, 0.1) is 25.2 Å². The number of nitrogens with one attached hydrogen (secondary N) is 2. The van der Waals surface area contributed by atoms with Gasteiger partial charge in [-0.2, -0.15) is 0 Å². The molecule has 0 aromatic carbocycles. The van der Waals surface area contributed by atoms with E-state index in [1.807, 2.05) is 6.92 Å². The van der Waals surface area contributed by atoms with E-state index in [1.54, 1.807) is 13.0 Å². The van der Waals surface area contributed by atoms with Gasteiger partial charge in [0.25, 0.3) is 0 Å². The lowest BCUT2D eigenvalue weighted by Crippen LogP contribution is -2.55. The number of hydrogen-bond acceptors (Lipinski definition) is 8. The molecule has 1 fully saturated rings. The molecule has 7 N–H and O–H groups in total. The van der Waals surface area contributed by atoms with Crippen molar-refractivity contribution in [2.75, 3.05) is 13.2 Å². The third-order valence-corrected chi connectivity index (χ3v) is 3.36. The molecule has 0 spiro atoms. The summed E-state index contributed by atoms with van der Waals surface area (Å²) in [6.07, 6.45) is -3.51. The fraction of sp³-hybridized carbons (Fsp3) is 0.733. The van der Waals surface area contributed by atoms with Crippen LogP contribution in [0.3, 0.4) is 0 Å². The van der Waals surface area contributed by atoms with Gasteiger partial charge in [0, 0.05) is 0 Å². The highest BCUT2D eigenvalue weighted by Gasteiger charge is 2.43. The van der Waals surface area contributed by atoms with Gasteiger partial charge in [-0.1, -0.05) is 13.0 Å². The highest BCUT2D eigenvalue weighted by atomic mass is 16.6. The summed E-state index contributed by atoms with van der Waals surface area (Å²) in [5, 5.41) is 33.4. The summed E-state index contributed by atoms with van der Waals surface area (Å²) < 4.78 is 5.21. The van der Waals surface area contributed by atoms with Gasteiger partial charge in [-0.05, 0) is 13.8 Å². The molecule has 1 aliphatic heterocycles. The number of nitrogens with two attached hydrogens (primary N) is 1. The Bertz CT molecular complexity index is 420. The highest BCUT2D eigenvalue weighted by molar-refractivity contribution is 5.85. The second kappa shape index (κ2) is 11.2. The molecule has 0 radical (unpaired) electrons. The number of Topliss-reactive ketones (excluding diaryl/α,β-unsaturated/α-hetero) is 1. The Morgan fingerprint density at radius 3 is 2.33 bits per heavy atom. The standard InChI is InChI=1S/C12H23N3O6.C3H6/c1-5(17)3-14-11(20)6(2)10(13)15-12-9(19)8(18)7(4-16)21-12;1-3-2/h6-10,12,15-16,18-19H,3-4,13H2,1-2H3,(H,14,20);3H,1H2,2H3. The zero-order chi connectivity index (χ0) is 18.9. The molecule has 0 aliphatic carbocycles. The Kier molecular flexibility index (Phi) is 10.6. The molecular formula is C15H29N3O6. The van der Waals surface area contributed by atoms with Crippen LogP contribution in [-0.2, 0) is 14.3 Å². The topological polar surface area (TPSA) is 154 Å². The lowest BCUT2D eigenvalue weighted by atomic mass is 10.1. The van der Waals surface area contributed by atoms with Crippen LogP contribution < -0.4 is 16.4 Å². The second-order valence-electron chi connectivity index (χ2n) is 5.57. The monoisotopic (exact) mass is 347 g/mol. The van der Waals surface area contributed by atoms with Gasteiger partial charge in [0.1, 0.15) is 30.3 Å². The van der Waals surface area contributed by atoms with Crippen molar-refractivity contribution >= 4 is 11.7 Å². The maximum atomic E-state index is 11.8. The molecule has 1 saturated heterocycles. The van der Waals surface area contributed by atoms with Gasteiger partial charge in [0.2, 0.25) is 5.91 Å². The van der Waals surface area contributed by atoms with Crippen LogP contribution in [0, 0.1) is 5.92 Å². The van der Waals surface area contributed by atoms with Crippen molar-refractivity contribution in [3.8, 4) is 0 Å². The van der Waals surface area contributed by atoms with E-state index in [2.05, 4.69) is 17.2 Å². The Morgan fingerprint density at radius 2 is 1.92 bits per heavy atom. The van der Waals surface area contributed by atoms with Crippen molar-refractivity contribution in [1.29, 1.82) is 0 Å².